The van der Waals surface area contributed by atoms with E-state index in [-0.39, 0.29) is 18.7 Å². The van der Waals surface area contributed by atoms with E-state index in [1.165, 1.54) is 6.07 Å². The molecule has 1 atom stereocenters. The van der Waals surface area contributed by atoms with Gasteiger partial charge in [-0.2, -0.15) is 0 Å². The number of carbonyl (C=O) groups is 1. The molecule has 0 aromatic heterocycles. The van der Waals surface area contributed by atoms with Crippen LogP contribution in [0, 0.1) is 10.1 Å². The Morgan fingerprint density at radius 3 is 2.81 bits per heavy atom. The largest absolute Gasteiger partial charge is 0.481 e. The first-order chi connectivity index (χ1) is 7.50. The zero-order valence-electron chi connectivity index (χ0n) is 8.34. The topological polar surface area (TPSA) is 92.5 Å². The first kappa shape index (κ1) is 12.4. The van der Waals surface area contributed by atoms with Crippen LogP contribution in [0.25, 0.3) is 0 Å². The molecular formula is C9H11N2O4P. The van der Waals surface area contributed by atoms with E-state index >= 15 is 0 Å². The Balaban J connectivity index is 2.78. The van der Waals surface area contributed by atoms with Gasteiger partial charge >= 0.3 is 5.97 Å². The number of nitro benzene ring substituents is 1. The lowest BCUT2D eigenvalue weighted by Crippen LogP contribution is -2.09. The zero-order valence-corrected chi connectivity index (χ0v) is 9.50. The van der Waals surface area contributed by atoms with E-state index in [0.717, 1.165) is 0 Å². The summed E-state index contributed by atoms with van der Waals surface area (Å²) < 4.78 is 0. The van der Waals surface area contributed by atoms with Crippen LogP contribution in [0.4, 0.5) is 11.4 Å². The van der Waals surface area contributed by atoms with Crippen LogP contribution in [0.2, 0.25) is 0 Å². The summed E-state index contributed by atoms with van der Waals surface area (Å²) in [4.78, 5) is 20.5. The van der Waals surface area contributed by atoms with Gasteiger partial charge in [0.25, 0.3) is 5.69 Å². The summed E-state index contributed by atoms with van der Waals surface area (Å²) in [5.41, 5.74) is 0.273. The van der Waals surface area contributed by atoms with Crippen LogP contribution in [0.3, 0.4) is 0 Å². The number of benzene rings is 1. The van der Waals surface area contributed by atoms with Gasteiger partial charge in [-0.25, -0.2) is 0 Å². The second kappa shape index (κ2) is 5.42. The molecule has 1 aromatic carbocycles. The molecule has 0 fully saturated rings. The summed E-state index contributed by atoms with van der Waals surface area (Å²) >= 11 is 0. The highest BCUT2D eigenvalue weighted by molar-refractivity contribution is 7.27. The van der Waals surface area contributed by atoms with E-state index in [0.29, 0.717) is 11.0 Å². The molecule has 7 heteroatoms. The highest BCUT2D eigenvalue weighted by Crippen LogP contribution is 2.22. The molecule has 0 bridgehead atoms. The van der Waals surface area contributed by atoms with Crippen molar-refractivity contribution in [3.63, 3.8) is 0 Å². The lowest BCUT2D eigenvalue weighted by molar-refractivity contribution is -0.383. The van der Waals surface area contributed by atoms with Crippen LogP contribution in [-0.2, 0) is 4.79 Å². The standard InChI is InChI=1S/C9H11N2O4P/c12-9(13)3-4-10-7-2-1-6(16)5-8(7)11(14)15/h1-2,5,10H,3-4,16H2,(H,12,13). The fourth-order valence-electron chi connectivity index (χ4n) is 1.15. The fraction of sp³-hybridized carbons (Fsp3) is 0.222. The van der Waals surface area contributed by atoms with E-state index in [9.17, 15) is 14.9 Å². The van der Waals surface area contributed by atoms with Crippen molar-refractivity contribution in [2.45, 2.75) is 6.42 Å². The van der Waals surface area contributed by atoms with Crippen molar-refractivity contribution in [2.75, 3.05) is 11.9 Å². The van der Waals surface area contributed by atoms with Crippen LogP contribution in [0.15, 0.2) is 18.2 Å². The number of carboxylic acid groups (broad SMARTS) is 1. The third kappa shape index (κ3) is 3.47. The molecule has 16 heavy (non-hydrogen) atoms. The van der Waals surface area contributed by atoms with Gasteiger partial charge in [0.2, 0.25) is 0 Å². The highest BCUT2D eigenvalue weighted by Gasteiger charge is 2.13. The predicted octanol–water partition coefficient (Wildman–Crippen LogP) is 0.982. The normalized spacial score (nSPS) is 9.81. The molecule has 0 spiro atoms. The van der Waals surface area contributed by atoms with Crippen LogP contribution in [0.5, 0.6) is 0 Å². The van der Waals surface area contributed by atoms with E-state index in [4.69, 9.17) is 5.11 Å². The van der Waals surface area contributed by atoms with Crippen LogP contribution >= 0.6 is 9.24 Å². The molecule has 86 valence electrons. The molecule has 1 unspecified atom stereocenters. The van der Waals surface area contributed by atoms with Gasteiger partial charge in [-0.15, -0.1) is 9.24 Å². The first-order valence-corrected chi connectivity index (χ1v) is 5.08. The van der Waals surface area contributed by atoms with Gasteiger partial charge in [-0.3, -0.25) is 14.9 Å². The highest BCUT2D eigenvalue weighted by atomic mass is 31.0. The molecule has 0 heterocycles. The van der Waals surface area contributed by atoms with Crippen LogP contribution < -0.4 is 10.6 Å². The Hall–Kier alpha value is -1.68. The minimum Gasteiger partial charge on any atom is -0.481 e. The number of carboxylic acids is 1. The second-order valence-corrected chi connectivity index (χ2v) is 3.77. The quantitative estimate of drug-likeness (QED) is 0.456. The van der Waals surface area contributed by atoms with Crippen molar-refractivity contribution in [1.29, 1.82) is 0 Å². The van der Waals surface area contributed by atoms with Crippen LogP contribution in [-0.4, -0.2) is 22.5 Å². The summed E-state index contributed by atoms with van der Waals surface area (Å²) in [6.45, 7) is 0.159. The summed E-state index contributed by atoms with van der Waals surface area (Å²) in [7, 11) is 2.37. The smallest absolute Gasteiger partial charge is 0.305 e. The van der Waals surface area contributed by atoms with Crippen molar-refractivity contribution >= 4 is 31.9 Å². The number of hydrogen-bond acceptors (Lipinski definition) is 4. The van der Waals surface area contributed by atoms with E-state index < -0.39 is 10.9 Å². The van der Waals surface area contributed by atoms with Crippen molar-refractivity contribution in [3.05, 3.63) is 28.3 Å². The molecule has 2 N–H and O–H groups in total. The van der Waals surface area contributed by atoms with Gasteiger partial charge in [0.05, 0.1) is 11.3 Å². The molecule has 0 radical (unpaired) electrons. The van der Waals surface area contributed by atoms with Gasteiger partial charge in [-0.05, 0) is 11.4 Å². The monoisotopic (exact) mass is 242 g/mol. The Morgan fingerprint density at radius 1 is 1.56 bits per heavy atom. The summed E-state index contributed by atoms with van der Waals surface area (Å²) in [6, 6.07) is 4.66. The Labute approximate surface area is 94.0 Å². The van der Waals surface area contributed by atoms with Gasteiger partial charge in [0, 0.05) is 12.6 Å². The number of aliphatic carboxylic acids is 1. The Morgan fingerprint density at radius 2 is 2.25 bits per heavy atom. The van der Waals surface area contributed by atoms with E-state index in [2.05, 4.69) is 14.6 Å². The predicted molar refractivity (Wildman–Crippen MR) is 63.2 cm³/mol. The molecule has 0 amide bonds. The molecule has 0 aliphatic rings. The maximum absolute atomic E-state index is 10.7. The fourth-order valence-corrected chi connectivity index (χ4v) is 1.41. The van der Waals surface area contributed by atoms with Crippen LogP contribution in [0.1, 0.15) is 6.42 Å². The molecule has 0 aliphatic carbocycles. The van der Waals surface area contributed by atoms with Gasteiger partial charge in [0.15, 0.2) is 0 Å². The second-order valence-electron chi connectivity index (χ2n) is 3.10. The number of anilines is 1. The summed E-state index contributed by atoms with van der Waals surface area (Å²) in [6.07, 6.45) is -0.0836. The SMILES string of the molecule is O=C(O)CCNc1ccc(P)cc1[N+](=O)[O-]. The number of nitro groups is 1. The van der Waals surface area contributed by atoms with Gasteiger partial charge < -0.3 is 10.4 Å². The van der Waals surface area contributed by atoms with Gasteiger partial charge in [0.1, 0.15) is 5.69 Å². The van der Waals surface area contributed by atoms with Gasteiger partial charge in [-0.1, -0.05) is 6.07 Å². The molecule has 1 rings (SSSR count). The van der Waals surface area contributed by atoms with Crippen molar-refractivity contribution < 1.29 is 14.8 Å². The molecule has 1 aromatic rings. The molecule has 0 saturated heterocycles. The summed E-state index contributed by atoms with van der Waals surface area (Å²) in [5, 5.41) is 22.6. The summed E-state index contributed by atoms with van der Waals surface area (Å²) in [5.74, 6) is -0.946. The average molecular weight is 242 g/mol. The lowest BCUT2D eigenvalue weighted by Gasteiger charge is -2.05. The van der Waals surface area contributed by atoms with Crippen molar-refractivity contribution in [3.8, 4) is 0 Å². The number of nitrogens with zero attached hydrogens (tertiary/aromatic N) is 1. The van der Waals surface area contributed by atoms with Crippen molar-refractivity contribution in [1.82, 2.24) is 0 Å². The number of nitrogens with one attached hydrogen (secondary N) is 1. The third-order valence-corrected chi connectivity index (χ3v) is 2.23. The Kier molecular flexibility index (Phi) is 4.19. The maximum Gasteiger partial charge on any atom is 0.305 e. The molecule has 0 saturated carbocycles. The number of rotatable bonds is 5. The first-order valence-electron chi connectivity index (χ1n) is 4.50. The zero-order chi connectivity index (χ0) is 12.1. The minimum atomic E-state index is -0.946. The molecule has 6 nitrogen and oxygen atoms in total. The number of hydrogen-bond donors (Lipinski definition) is 2. The third-order valence-electron chi connectivity index (χ3n) is 1.87. The molecular weight excluding hydrogens is 231 g/mol. The Bertz CT molecular complexity index is 422. The minimum absolute atomic E-state index is 0.0575. The van der Waals surface area contributed by atoms with Crippen molar-refractivity contribution in [2.24, 2.45) is 0 Å². The van der Waals surface area contributed by atoms with E-state index in [1.807, 2.05) is 0 Å². The maximum atomic E-state index is 10.7. The van der Waals surface area contributed by atoms with E-state index in [1.54, 1.807) is 12.1 Å². The average Bonchev–Trinajstić information content (AvgIpc) is 2.19. The lowest BCUT2D eigenvalue weighted by atomic mass is 10.2. The molecule has 0 aliphatic heterocycles.